The van der Waals surface area contributed by atoms with Crippen LogP contribution in [-0.4, -0.2) is 27.0 Å². The summed E-state index contributed by atoms with van der Waals surface area (Å²) in [6.07, 6.45) is 2.69. The van der Waals surface area contributed by atoms with Gasteiger partial charge in [-0.15, -0.1) is 0 Å². The Morgan fingerprint density at radius 2 is 2.38 bits per heavy atom. The maximum absolute atomic E-state index is 11.7. The lowest BCUT2D eigenvalue weighted by Gasteiger charge is -2.32. The number of aliphatic hydroxyl groups is 1. The van der Waals surface area contributed by atoms with Crippen LogP contribution in [0.3, 0.4) is 0 Å². The van der Waals surface area contributed by atoms with Crippen molar-refractivity contribution in [2.45, 2.75) is 38.5 Å². The van der Waals surface area contributed by atoms with E-state index in [4.69, 9.17) is 16.7 Å². The molecule has 2 rings (SSSR count). The van der Waals surface area contributed by atoms with E-state index in [0.29, 0.717) is 25.1 Å². The number of hydrogen-bond donors (Lipinski definition) is 2. The molecule has 16 heavy (non-hydrogen) atoms. The number of rotatable bonds is 3. The van der Waals surface area contributed by atoms with E-state index in [-0.39, 0.29) is 22.7 Å². The maximum atomic E-state index is 11.7. The highest BCUT2D eigenvalue weighted by Crippen LogP contribution is 2.25. The number of aryl methyl sites for hydroxylation is 1. The van der Waals surface area contributed by atoms with Gasteiger partial charge in [-0.05, 0) is 19.8 Å². The molecule has 1 aliphatic rings. The summed E-state index contributed by atoms with van der Waals surface area (Å²) in [5.74, 6) is 0. The van der Waals surface area contributed by atoms with Gasteiger partial charge in [-0.1, -0.05) is 11.6 Å². The molecule has 1 heterocycles. The number of nitrogens with zero attached hydrogens (tertiary/aromatic N) is 2. The van der Waals surface area contributed by atoms with Crippen molar-refractivity contribution in [2.24, 2.45) is 0 Å². The lowest BCUT2D eigenvalue weighted by atomic mass is 9.89. The summed E-state index contributed by atoms with van der Waals surface area (Å²) in [5.41, 5.74) is 0.266. The first-order valence-corrected chi connectivity index (χ1v) is 5.69. The van der Waals surface area contributed by atoms with Gasteiger partial charge in [-0.2, -0.15) is 5.10 Å². The van der Waals surface area contributed by atoms with E-state index < -0.39 is 0 Å². The van der Waals surface area contributed by atoms with Crippen molar-refractivity contribution in [2.75, 3.05) is 5.32 Å². The quantitative estimate of drug-likeness (QED) is 0.826. The third kappa shape index (κ3) is 2.05. The van der Waals surface area contributed by atoms with Crippen LogP contribution < -0.4 is 10.9 Å². The molecule has 1 saturated carbocycles. The Kier molecular flexibility index (Phi) is 3.16. The second-order valence-corrected chi connectivity index (χ2v) is 4.34. The van der Waals surface area contributed by atoms with E-state index in [1.165, 1.54) is 4.68 Å². The van der Waals surface area contributed by atoms with E-state index >= 15 is 0 Å². The number of hydrogen-bond acceptors (Lipinski definition) is 4. The monoisotopic (exact) mass is 243 g/mol. The topological polar surface area (TPSA) is 67.2 Å². The van der Waals surface area contributed by atoms with Crippen LogP contribution in [0.5, 0.6) is 0 Å². The summed E-state index contributed by atoms with van der Waals surface area (Å²) in [5, 5.41) is 16.4. The standard InChI is InChI=1S/C10H14ClN3O2/c1-2-14-10(16)9(11)8(5-12-14)13-6-3-7(15)4-6/h5-7,13,15H,2-4H2,1H3. The SMILES string of the molecule is CCn1ncc(NC2CC(O)C2)c(Cl)c1=O. The molecule has 0 atom stereocenters. The highest BCUT2D eigenvalue weighted by Gasteiger charge is 2.27. The van der Waals surface area contributed by atoms with Crippen LogP contribution in [-0.2, 0) is 6.54 Å². The third-order valence-electron chi connectivity index (χ3n) is 2.76. The molecular formula is C10H14ClN3O2. The van der Waals surface area contributed by atoms with Crippen molar-refractivity contribution in [3.63, 3.8) is 0 Å². The van der Waals surface area contributed by atoms with Crippen molar-refractivity contribution in [1.29, 1.82) is 0 Å². The van der Waals surface area contributed by atoms with Crippen molar-refractivity contribution < 1.29 is 5.11 Å². The van der Waals surface area contributed by atoms with Crippen molar-refractivity contribution >= 4 is 17.3 Å². The number of aromatic nitrogens is 2. The van der Waals surface area contributed by atoms with Crippen LogP contribution in [0.25, 0.3) is 0 Å². The third-order valence-corrected chi connectivity index (χ3v) is 3.12. The summed E-state index contributed by atoms with van der Waals surface area (Å²) in [4.78, 5) is 11.7. The summed E-state index contributed by atoms with van der Waals surface area (Å²) in [6, 6.07) is 0.186. The van der Waals surface area contributed by atoms with Crippen molar-refractivity contribution in [3.05, 3.63) is 21.6 Å². The van der Waals surface area contributed by atoms with Gasteiger partial charge >= 0.3 is 0 Å². The fourth-order valence-electron chi connectivity index (χ4n) is 1.72. The number of halogens is 1. The summed E-state index contributed by atoms with van der Waals surface area (Å²) in [6.45, 7) is 2.33. The van der Waals surface area contributed by atoms with Gasteiger partial charge in [0.1, 0.15) is 5.02 Å². The van der Waals surface area contributed by atoms with Crippen LogP contribution in [0.15, 0.2) is 11.0 Å². The van der Waals surface area contributed by atoms with Gasteiger partial charge in [0.05, 0.1) is 18.0 Å². The lowest BCUT2D eigenvalue weighted by molar-refractivity contribution is 0.0836. The van der Waals surface area contributed by atoms with Gasteiger partial charge < -0.3 is 10.4 Å². The zero-order valence-corrected chi connectivity index (χ0v) is 9.74. The molecule has 6 heteroatoms. The molecule has 0 spiro atoms. The minimum atomic E-state index is -0.283. The first-order valence-electron chi connectivity index (χ1n) is 5.32. The Labute approximate surface area is 98.0 Å². The van der Waals surface area contributed by atoms with Gasteiger partial charge in [-0.3, -0.25) is 4.79 Å². The first-order chi connectivity index (χ1) is 7.61. The van der Waals surface area contributed by atoms with E-state index in [9.17, 15) is 4.79 Å². The Balaban J connectivity index is 2.16. The maximum Gasteiger partial charge on any atom is 0.287 e. The van der Waals surface area contributed by atoms with Crippen LogP contribution in [0.1, 0.15) is 19.8 Å². The fourth-order valence-corrected chi connectivity index (χ4v) is 1.92. The van der Waals surface area contributed by atoms with E-state index in [1.54, 1.807) is 6.20 Å². The van der Waals surface area contributed by atoms with E-state index in [1.807, 2.05) is 6.92 Å². The molecule has 88 valence electrons. The minimum absolute atomic E-state index is 0.165. The molecule has 0 radical (unpaired) electrons. The second-order valence-electron chi connectivity index (χ2n) is 3.96. The Bertz CT molecular complexity index is 440. The molecule has 1 aromatic heterocycles. The highest BCUT2D eigenvalue weighted by molar-refractivity contribution is 6.32. The van der Waals surface area contributed by atoms with Gasteiger partial charge in [0, 0.05) is 12.6 Å². The van der Waals surface area contributed by atoms with Crippen LogP contribution >= 0.6 is 11.6 Å². The summed E-state index contributed by atoms with van der Waals surface area (Å²) >= 11 is 5.94. The van der Waals surface area contributed by atoms with Gasteiger partial charge in [0.15, 0.2) is 0 Å². The van der Waals surface area contributed by atoms with Crippen molar-refractivity contribution in [3.8, 4) is 0 Å². The van der Waals surface area contributed by atoms with Gasteiger partial charge in [-0.25, -0.2) is 4.68 Å². The predicted octanol–water partition coefficient (Wildman–Crippen LogP) is 0.852. The van der Waals surface area contributed by atoms with E-state index in [2.05, 4.69) is 10.4 Å². The summed E-state index contributed by atoms with van der Waals surface area (Å²) in [7, 11) is 0. The lowest BCUT2D eigenvalue weighted by Crippen LogP contribution is -2.39. The molecule has 2 N–H and O–H groups in total. The average molecular weight is 244 g/mol. The zero-order chi connectivity index (χ0) is 11.7. The number of anilines is 1. The Morgan fingerprint density at radius 1 is 1.69 bits per heavy atom. The average Bonchev–Trinajstić information content (AvgIpc) is 2.23. The van der Waals surface area contributed by atoms with Crippen LogP contribution in [0.2, 0.25) is 5.02 Å². The minimum Gasteiger partial charge on any atom is -0.393 e. The van der Waals surface area contributed by atoms with Crippen LogP contribution in [0, 0.1) is 0 Å². The Morgan fingerprint density at radius 3 is 2.94 bits per heavy atom. The fraction of sp³-hybridized carbons (Fsp3) is 0.600. The molecule has 5 nitrogen and oxygen atoms in total. The molecule has 0 bridgehead atoms. The molecule has 1 fully saturated rings. The zero-order valence-electron chi connectivity index (χ0n) is 8.98. The molecule has 0 amide bonds. The Hall–Kier alpha value is -1.07. The first kappa shape index (κ1) is 11.4. The highest BCUT2D eigenvalue weighted by atomic mass is 35.5. The molecule has 0 aliphatic heterocycles. The summed E-state index contributed by atoms with van der Waals surface area (Å²) < 4.78 is 1.31. The van der Waals surface area contributed by atoms with E-state index in [0.717, 1.165) is 0 Å². The molecule has 1 aliphatic carbocycles. The molecule has 0 unspecified atom stereocenters. The van der Waals surface area contributed by atoms with Gasteiger partial charge in [0.2, 0.25) is 0 Å². The molecule has 1 aromatic rings. The number of aliphatic hydroxyl groups excluding tert-OH is 1. The van der Waals surface area contributed by atoms with Crippen LogP contribution in [0.4, 0.5) is 5.69 Å². The second kappa shape index (κ2) is 4.43. The smallest absolute Gasteiger partial charge is 0.287 e. The van der Waals surface area contributed by atoms with Crippen molar-refractivity contribution in [1.82, 2.24) is 9.78 Å². The largest absolute Gasteiger partial charge is 0.393 e. The molecule has 0 aromatic carbocycles. The number of nitrogens with one attached hydrogen (secondary N) is 1. The normalized spacial score (nSPS) is 23.9. The predicted molar refractivity (Wildman–Crippen MR) is 61.8 cm³/mol. The molecular weight excluding hydrogens is 230 g/mol. The van der Waals surface area contributed by atoms with Gasteiger partial charge in [0.25, 0.3) is 5.56 Å². The molecule has 0 saturated heterocycles.